The van der Waals surface area contributed by atoms with Gasteiger partial charge in [-0.05, 0) is 31.2 Å². The molecular formula is C15H22FNS2. The highest BCUT2D eigenvalue weighted by molar-refractivity contribution is 8.07. The Hall–Kier alpha value is -0.190. The maximum absolute atomic E-state index is 12.9. The van der Waals surface area contributed by atoms with Crippen molar-refractivity contribution in [2.75, 3.05) is 12.8 Å². The highest BCUT2D eigenvalue weighted by Crippen LogP contribution is 2.37. The van der Waals surface area contributed by atoms with Gasteiger partial charge in [0.1, 0.15) is 5.82 Å². The zero-order chi connectivity index (χ0) is 13.8. The summed E-state index contributed by atoms with van der Waals surface area (Å²) in [6.07, 6.45) is 0.968. The molecule has 1 N–H and O–H groups in total. The lowest BCUT2D eigenvalue weighted by atomic mass is 10.0. The minimum Gasteiger partial charge on any atom is -0.316 e. The third kappa shape index (κ3) is 4.14. The van der Waals surface area contributed by atoms with Crippen LogP contribution in [0.4, 0.5) is 4.39 Å². The van der Waals surface area contributed by atoms with E-state index in [0.717, 1.165) is 11.7 Å². The summed E-state index contributed by atoms with van der Waals surface area (Å²) in [6.45, 7) is 4.63. The average Bonchev–Trinajstić information content (AvgIpc) is 2.41. The lowest BCUT2D eigenvalue weighted by Crippen LogP contribution is -2.43. The van der Waals surface area contributed by atoms with E-state index in [2.05, 4.69) is 42.7 Å². The van der Waals surface area contributed by atoms with Gasteiger partial charge in [-0.1, -0.05) is 26.0 Å². The molecule has 0 amide bonds. The summed E-state index contributed by atoms with van der Waals surface area (Å²) in [6, 6.07) is 7.35. The number of benzene rings is 1. The number of likely N-dealkylation sites (N-methyl/N-ethyl adjacent to an activating group) is 1. The zero-order valence-corrected chi connectivity index (χ0v) is 13.4. The SMILES string of the molecule is CNC(Cc1ccc(F)cc1)C1CSC(C)C(C)S1. The number of hydrogen-bond acceptors (Lipinski definition) is 3. The summed E-state index contributed by atoms with van der Waals surface area (Å²) < 4.78 is 12.9. The van der Waals surface area contributed by atoms with Crippen LogP contribution in [0, 0.1) is 5.82 Å². The van der Waals surface area contributed by atoms with Crippen molar-refractivity contribution in [3.63, 3.8) is 0 Å². The van der Waals surface area contributed by atoms with Crippen LogP contribution in [0.1, 0.15) is 19.4 Å². The first-order valence-corrected chi connectivity index (χ1v) is 8.78. The van der Waals surface area contributed by atoms with Crippen LogP contribution >= 0.6 is 23.5 Å². The van der Waals surface area contributed by atoms with E-state index < -0.39 is 0 Å². The fourth-order valence-corrected chi connectivity index (χ4v) is 5.48. The minimum absolute atomic E-state index is 0.158. The summed E-state index contributed by atoms with van der Waals surface area (Å²) in [5.41, 5.74) is 1.21. The van der Waals surface area contributed by atoms with Gasteiger partial charge in [0.2, 0.25) is 0 Å². The molecule has 0 bridgehead atoms. The third-order valence-corrected chi connectivity index (χ3v) is 7.31. The molecule has 4 unspecified atom stereocenters. The number of thioether (sulfide) groups is 2. The van der Waals surface area contributed by atoms with E-state index in [0.29, 0.717) is 16.5 Å². The first kappa shape index (κ1) is 15.2. The Kier molecular flexibility index (Phi) is 5.60. The summed E-state index contributed by atoms with van der Waals surface area (Å²) in [4.78, 5) is 0. The second kappa shape index (κ2) is 7.00. The predicted molar refractivity (Wildman–Crippen MR) is 85.7 cm³/mol. The van der Waals surface area contributed by atoms with Gasteiger partial charge in [-0.3, -0.25) is 0 Å². The molecule has 1 aromatic rings. The normalized spacial score (nSPS) is 29.2. The molecule has 1 heterocycles. The maximum atomic E-state index is 12.9. The Balaban J connectivity index is 1.98. The Morgan fingerprint density at radius 3 is 2.53 bits per heavy atom. The molecule has 0 saturated carbocycles. The van der Waals surface area contributed by atoms with Gasteiger partial charge in [0.25, 0.3) is 0 Å². The molecule has 1 saturated heterocycles. The van der Waals surface area contributed by atoms with Crippen molar-refractivity contribution in [1.82, 2.24) is 5.32 Å². The van der Waals surface area contributed by atoms with Crippen molar-refractivity contribution in [2.24, 2.45) is 0 Å². The number of rotatable bonds is 4. The fourth-order valence-electron chi connectivity index (χ4n) is 2.31. The molecule has 0 aromatic heterocycles. The standard InChI is InChI=1S/C15H22FNS2/c1-10-11(2)19-15(9-18-10)14(17-3)8-12-4-6-13(16)7-5-12/h4-7,10-11,14-15,17H,8-9H2,1-3H3. The van der Waals surface area contributed by atoms with Gasteiger partial charge in [-0.2, -0.15) is 23.5 Å². The van der Waals surface area contributed by atoms with Crippen molar-refractivity contribution >= 4 is 23.5 Å². The van der Waals surface area contributed by atoms with Gasteiger partial charge in [-0.15, -0.1) is 0 Å². The quantitative estimate of drug-likeness (QED) is 0.912. The highest BCUT2D eigenvalue weighted by atomic mass is 32.2. The molecule has 2 rings (SSSR count). The Labute approximate surface area is 124 Å². The summed E-state index contributed by atoms with van der Waals surface area (Å²) >= 11 is 4.16. The molecule has 0 spiro atoms. The van der Waals surface area contributed by atoms with Crippen LogP contribution in [-0.4, -0.2) is 34.6 Å². The minimum atomic E-state index is -0.158. The van der Waals surface area contributed by atoms with E-state index in [-0.39, 0.29) is 5.82 Å². The highest BCUT2D eigenvalue weighted by Gasteiger charge is 2.30. The van der Waals surface area contributed by atoms with Crippen LogP contribution in [0.5, 0.6) is 0 Å². The Morgan fingerprint density at radius 2 is 1.95 bits per heavy atom. The molecule has 1 fully saturated rings. The van der Waals surface area contributed by atoms with E-state index in [1.807, 2.05) is 19.2 Å². The van der Waals surface area contributed by atoms with E-state index in [1.165, 1.54) is 11.3 Å². The van der Waals surface area contributed by atoms with Crippen LogP contribution in [0.3, 0.4) is 0 Å². The zero-order valence-electron chi connectivity index (χ0n) is 11.7. The Bertz CT molecular complexity index is 396. The number of hydrogen-bond donors (Lipinski definition) is 1. The molecule has 1 aliphatic heterocycles. The van der Waals surface area contributed by atoms with Crippen LogP contribution in [-0.2, 0) is 6.42 Å². The monoisotopic (exact) mass is 299 g/mol. The van der Waals surface area contributed by atoms with Gasteiger partial charge in [0.15, 0.2) is 0 Å². The van der Waals surface area contributed by atoms with Crippen molar-refractivity contribution in [2.45, 2.75) is 42.1 Å². The van der Waals surface area contributed by atoms with Gasteiger partial charge in [0.05, 0.1) is 0 Å². The van der Waals surface area contributed by atoms with Crippen molar-refractivity contribution < 1.29 is 4.39 Å². The van der Waals surface area contributed by atoms with Gasteiger partial charge < -0.3 is 5.32 Å². The van der Waals surface area contributed by atoms with Gasteiger partial charge in [0, 0.05) is 27.5 Å². The van der Waals surface area contributed by atoms with Crippen LogP contribution in [0.2, 0.25) is 0 Å². The third-order valence-electron chi connectivity index (χ3n) is 3.76. The van der Waals surface area contributed by atoms with Crippen LogP contribution < -0.4 is 5.32 Å². The molecule has 1 aliphatic rings. The van der Waals surface area contributed by atoms with Crippen molar-refractivity contribution in [1.29, 1.82) is 0 Å². The Morgan fingerprint density at radius 1 is 1.26 bits per heavy atom. The number of halogens is 1. The molecular weight excluding hydrogens is 277 g/mol. The lowest BCUT2D eigenvalue weighted by molar-refractivity contribution is 0.553. The van der Waals surface area contributed by atoms with Crippen molar-refractivity contribution in [3.8, 4) is 0 Å². The molecule has 1 nitrogen and oxygen atoms in total. The maximum Gasteiger partial charge on any atom is 0.123 e. The largest absolute Gasteiger partial charge is 0.316 e. The van der Waals surface area contributed by atoms with Crippen molar-refractivity contribution in [3.05, 3.63) is 35.6 Å². The van der Waals surface area contributed by atoms with Crippen LogP contribution in [0.15, 0.2) is 24.3 Å². The second-order valence-corrected chi connectivity index (χ2v) is 8.18. The molecule has 4 heteroatoms. The molecule has 106 valence electrons. The van der Waals surface area contributed by atoms with E-state index >= 15 is 0 Å². The molecule has 4 atom stereocenters. The van der Waals surface area contributed by atoms with Crippen LogP contribution in [0.25, 0.3) is 0 Å². The van der Waals surface area contributed by atoms with Gasteiger partial charge >= 0.3 is 0 Å². The summed E-state index contributed by atoms with van der Waals surface area (Å²) in [5.74, 6) is 1.04. The smallest absolute Gasteiger partial charge is 0.123 e. The number of nitrogens with one attached hydrogen (secondary N) is 1. The predicted octanol–water partition coefficient (Wildman–Crippen LogP) is 3.58. The summed E-state index contributed by atoms with van der Waals surface area (Å²) in [7, 11) is 2.03. The van der Waals surface area contributed by atoms with Gasteiger partial charge in [-0.25, -0.2) is 4.39 Å². The molecule has 0 radical (unpaired) electrons. The topological polar surface area (TPSA) is 12.0 Å². The first-order chi connectivity index (χ1) is 9.10. The van der Waals surface area contributed by atoms with E-state index in [4.69, 9.17) is 0 Å². The first-order valence-electron chi connectivity index (χ1n) is 6.79. The van der Waals surface area contributed by atoms with E-state index in [9.17, 15) is 4.39 Å². The summed E-state index contributed by atoms with van der Waals surface area (Å²) in [5, 5.41) is 5.52. The molecule has 1 aromatic carbocycles. The average molecular weight is 299 g/mol. The molecule has 0 aliphatic carbocycles. The molecule has 19 heavy (non-hydrogen) atoms. The van der Waals surface area contributed by atoms with E-state index in [1.54, 1.807) is 12.1 Å². The fraction of sp³-hybridized carbons (Fsp3) is 0.600. The lowest BCUT2D eigenvalue weighted by Gasteiger charge is -2.36. The second-order valence-electron chi connectivity index (χ2n) is 5.14.